The van der Waals surface area contributed by atoms with Crippen LogP contribution < -0.4 is 15.6 Å². The maximum absolute atomic E-state index is 12.8. The lowest BCUT2D eigenvalue weighted by atomic mass is 10.0. The van der Waals surface area contributed by atoms with Crippen LogP contribution in [0, 0.1) is 0 Å². The molecule has 13 nitrogen and oxygen atoms in total. The van der Waals surface area contributed by atoms with E-state index in [0.717, 1.165) is 22.0 Å². The number of nitrogens with two attached hydrogens (primary N) is 1. The van der Waals surface area contributed by atoms with Crippen molar-refractivity contribution in [3.8, 4) is 0 Å². The smallest absolute Gasteiger partial charge is 0.352 e. The minimum atomic E-state index is -1.25. The molecular formula is C18H18N7O6S2+. The molecule has 1 fully saturated rings. The van der Waals surface area contributed by atoms with Crippen molar-refractivity contribution >= 4 is 51.9 Å². The second-order valence-corrected chi connectivity index (χ2v) is 8.95. The number of amides is 2. The molecule has 6 N–H and O–H groups in total. The molecule has 0 unspecified atom stereocenters. The van der Waals surface area contributed by atoms with Gasteiger partial charge in [0.1, 0.15) is 17.1 Å². The first-order valence-electron chi connectivity index (χ1n) is 9.45. The maximum Gasteiger partial charge on any atom is 0.352 e. The lowest BCUT2D eigenvalue weighted by molar-refractivity contribution is -0.689. The summed E-state index contributed by atoms with van der Waals surface area (Å²) in [5.74, 6) is -2.60. The number of carboxylic acids is 1. The van der Waals surface area contributed by atoms with Gasteiger partial charge < -0.3 is 26.5 Å². The third-order valence-electron chi connectivity index (χ3n) is 5.02. The van der Waals surface area contributed by atoms with Crippen molar-refractivity contribution < 1.29 is 34.4 Å². The first-order valence-corrected chi connectivity index (χ1v) is 11.3. The Morgan fingerprint density at radius 3 is 2.67 bits per heavy atom. The highest BCUT2D eigenvalue weighted by atomic mass is 32.2. The van der Waals surface area contributed by atoms with Crippen molar-refractivity contribution in [2.45, 2.75) is 24.6 Å². The first kappa shape index (κ1) is 22.6. The van der Waals surface area contributed by atoms with Crippen molar-refractivity contribution in [3.05, 3.63) is 47.2 Å². The monoisotopic (exact) mass is 492 g/mol. The number of hydrogen-bond acceptors (Lipinski definition) is 11. The highest BCUT2D eigenvalue weighted by Gasteiger charge is 2.54. The predicted octanol–water partition coefficient (Wildman–Crippen LogP) is -1.48. The molecule has 0 bridgehead atoms. The summed E-state index contributed by atoms with van der Waals surface area (Å²) in [6.07, 6.45) is 3.43. The zero-order valence-electron chi connectivity index (χ0n) is 16.8. The van der Waals surface area contributed by atoms with Gasteiger partial charge in [-0.25, -0.2) is 9.36 Å². The highest BCUT2D eigenvalue weighted by Crippen LogP contribution is 2.40. The SMILES string of the molecule is Nc1nc(C(=NO)C(=O)N[C@@H]2C(=O)N3C(C(=O)O)=C(C[n+]4ccc(CO)cc4)CS[C@@H]23)ns1. The fourth-order valence-electron chi connectivity index (χ4n) is 3.46. The summed E-state index contributed by atoms with van der Waals surface area (Å²) in [5, 5.41) is 32.9. The van der Waals surface area contributed by atoms with Gasteiger partial charge in [0.25, 0.3) is 11.8 Å². The molecule has 2 aromatic rings. The number of nitrogens with one attached hydrogen (secondary N) is 1. The number of fused-ring (bicyclic) bond motifs is 1. The number of aliphatic carboxylic acids is 1. The number of nitrogens with zero attached hydrogens (tertiary/aromatic N) is 5. The van der Waals surface area contributed by atoms with E-state index in [1.807, 2.05) is 0 Å². The zero-order chi connectivity index (χ0) is 23.7. The molecule has 0 aliphatic carbocycles. The number of aromatic nitrogens is 3. The Balaban J connectivity index is 1.51. The van der Waals surface area contributed by atoms with Gasteiger partial charge in [0, 0.05) is 35.0 Å². The molecular weight excluding hydrogens is 474 g/mol. The number of thioether (sulfide) groups is 1. The molecule has 2 aliphatic heterocycles. The zero-order valence-corrected chi connectivity index (χ0v) is 18.4. The molecule has 2 aromatic heterocycles. The van der Waals surface area contributed by atoms with Crippen LogP contribution >= 0.6 is 23.3 Å². The molecule has 0 radical (unpaired) electrons. The fourth-order valence-corrected chi connectivity index (χ4v) is 5.23. The van der Waals surface area contributed by atoms with E-state index in [1.54, 1.807) is 29.1 Å². The Hall–Kier alpha value is -3.56. The van der Waals surface area contributed by atoms with E-state index in [9.17, 15) is 24.7 Å². The second kappa shape index (κ2) is 9.13. The van der Waals surface area contributed by atoms with Crippen LogP contribution in [-0.2, 0) is 27.5 Å². The van der Waals surface area contributed by atoms with Crippen molar-refractivity contribution in [1.82, 2.24) is 19.6 Å². The number of pyridine rings is 1. The van der Waals surface area contributed by atoms with Crippen LogP contribution in [0.4, 0.5) is 5.13 Å². The molecule has 0 spiro atoms. The van der Waals surface area contributed by atoms with Gasteiger partial charge in [-0.2, -0.15) is 9.36 Å². The molecule has 1 saturated heterocycles. The number of nitrogen functional groups attached to an aromatic ring is 1. The predicted molar refractivity (Wildman–Crippen MR) is 115 cm³/mol. The average molecular weight is 493 g/mol. The molecule has 0 aromatic carbocycles. The Bertz CT molecular complexity index is 1180. The van der Waals surface area contributed by atoms with E-state index in [0.29, 0.717) is 11.3 Å². The van der Waals surface area contributed by atoms with Crippen LogP contribution in [0.5, 0.6) is 0 Å². The largest absolute Gasteiger partial charge is 0.477 e. The van der Waals surface area contributed by atoms with Gasteiger partial charge >= 0.3 is 5.97 Å². The standard InChI is InChI=1S/C18H17N7O6S2/c19-18-21-13(23-33-18)10(22-31)14(27)20-11-15(28)25-12(17(29)30)9(7-32-16(11)25)5-24-3-1-8(6-26)2-4-24/h1-4,11,16,26H,5-7H2,(H4-,19,20,21,23,27,29,30,31)/p+1/t11-,16+/m1/s1. The van der Waals surface area contributed by atoms with Crippen LogP contribution in [-0.4, -0.2) is 70.3 Å². The number of oxime groups is 1. The lowest BCUT2D eigenvalue weighted by Gasteiger charge is -2.49. The van der Waals surface area contributed by atoms with E-state index >= 15 is 0 Å². The molecule has 15 heteroatoms. The Morgan fingerprint density at radius 1 is 1.36 bits per heavy atom. The number of β-lactam (4-membered cyclic amide) rings is 1. The van der Waals surface area contributed by atoms with Gasteiger partial charge in [0.15, 0.2) is 24.1 Å². The van der Waals surface area contributed by atoms with Gasteiger partial charge in [0.2, 0.25) is 11.5 Å². The van der Waals surface area contributed by atoms with E-state index < -0.39 is 34.9 Å². The summed E-state index contributed by atoms with van der Waals surface area (Å²) < 4.78 is 5.56. The summed E-state index contributed by atoms with van der Waals surface area (Å²) in [6, 6.07) is 2.42. The first-order chi connectivity index (χ1) is 15.8. The maximum atomic E-state index is 12.8. The van der Waals surface area contributed by atoms with Gasteiger partial charge in [-0.15, -0.1) is 11.8 Å². The lowest BCUT2D eigenvalue weighted by Crippen LogP contribution is -2.71. The molecule has 2 atom stereocenters. The van der Waals surface area contributed by atoms with Gasteiger partial charge in [-0.1, -0.05) is 5.16 Å². The Labute approximate surface area is 194 Å². The molecule has 0 saturated carbocycles. The summed E-state index contributed by atoms with van der Waals surface area (Å²) in [6.45, 7) is 0.136. The summed E-state index contributed by atoms with van der Waals surface area (Å²) in [5.41, 5.74) is 6.10. The molecule has 4 rings (SSSR count). The number of rotatable bonds is 7. The number of carbonyl (C=O) groups is 3. The Kier molecular flexibility index (Phi) is 6.26. The minimum absolute atomic E-state index is 0.0697. The van der Waals surface area contributed by atoms with Gasteiger partial charge in [-0.3, -0.25) is 14.5 Å². The number of carboxylic acid groups (broad SMARTS) is 1. The topological polar surface area (TPSA) is 195 Å². The van der Waals surface area contributed by atoms with Crippen LogP contribution in [0.25, 0.3) is 0 Å². The number of hydrogen-bond donors (Lipinski definition) is 5. The number of aliphatic hydroxyl groups excluding tert-OH is 1. The van der Waals surface area contributed by atoms with Gasteiger partial charge in [0.05, 0.1) is 6.61 Å². The van der Waals surface area contributed by atoms with E-state index in [1.165, 1.54) is 11.8 Å². The number of carbonyl (C=O) groups excluding carboxylic acids is 2. The molecule has 4 heterocycles. The van der Waals surface area contributed by atoms with E-state index in [4.69, 9.17) is 10.8 Å². The third kappa shape index (κ3) is 4.24. The van der Waals surface area contributed by atoms with E-state index in [-0.39, 0.29) is 29.8 Å². The van der Waals surface area contributed by atoms with Crippen LogP contribution in [0.15, 0.2) is 41.0 Å². The van der Waals surface area contributed by atoms with Gasteiger partial charge in [-0.05, 0) is 5.56 Å². The third-order valence-corrected chi connectivity index (χ3v) is 6.90. The number of aliphatic hydroxyl groups is 1. The van der Waals surface area contributed by atoms with Crippen molar-refractivity contribution in [3.63, 3.8) is 0 Å². The molecule has 2 amide bonds. The Morgan fingerprint density at radius 2 is 2.09 bits per heavy atom. The summed E-state index contributed by atoms with van der Waals surface area (Å²) >= 11 is 2.12. The summed E-state index contributed by atoms with van der Waals surface area (Å²) in [4.78, 5) is 42.2. The molecule has 2 aliphatic rings. The van der Waals surface area contributed by atoms with E-state index in [2.05, 4.69) is 19.8 Å². The van der Waals surface area contributed by atoms with Crippen LogP contribution in [0.3, 0.4) is 0 Å². The molecule has 172 valence electrons. The normalized spacial score (nSPS) is 20.3. The summed E-state index contributed by atoms with van der Waals surface area (Å²) in [7, 11) is 0. The number of anilines is 1. The van der Waals surface area contributed by atoms with Crippen LogP contribution in [0.2, 0.25) is 0 Å². The minimum Gasteiger partial charge on any atom is -0.477 e. The van der Waals surface area contributed by atoms with Crippen molar-refractivity contribution in [2.24, 2.45) is 5.16 Å². The highest BCUT2D eigenvalue weighted by molar-refractivity contribution is 8.00. The molecule has 33 heavy (non-hydrogen) atoms. The quantitative estimate of drug-likeness (QED) is 0.0999. The van der Waals surface area contributed by atoms with Crippen LogP contribution in [0.1, 0.15) is 11.4 Å². The van der Waals surface area contributed by atoms with Crippen molar-refractivity contribution in [1.29, 1.82) is 0 Å². The average Bonchev–Trinajstić information content (AvgIpc) is 3.23. The van der Waals surface area contributed by atoms with Crippen molar-refractivity contribution in [2.75, 3.05) is 11.5 Å². The fraction of sp³-hybridized carbons (Fsp3) is 0.278. The second-order valence-electron chi connectivity index (χ2n) is 7.06.